The third kappa shape index (κ3) is 6.48. The molecule has 1 amide bonds. The van der Waals surface area contributed by atoms with Gasteiger partial charge in [0.1, 0.15) is 5.60 Å². The minimum atomic E-state index is -3.63. The molecule has 0 radical (unpaired) electrons. The highest BCUT2D eigenvalue weighted by molar-refractivity contribution is 7.89. The van der Waals surface area contributed by atoms with Gasteiger partial charge in [-0.3, -0.25) is 0 Å². The standard InChI is InChI=1S/C21H34N2O4S/c1-20(2,3)27-19(24)23-15-17(14-21(23,4)5)9-7-6-8-16-10-12-18(13-11-16)28(22,25)26/h10-13,17H,6-9,14-15H2,1-5H3,(H2,22,25,26). The van der Waals surface area contributed by atoms with Crippen molar-refractivity contribution in [2.75, 3.05) is 6.54 Å². The first-order valence-electron chi connectivity index (χ1n) is 9.90. The molecule has 2 N–H and O–H groups in total. The highest BCUT2D eigenvalue weighted by atomic mass is 32.2. The summed E-state index contributed by atoms with van der Waals surface area (Å²) in [5.74, 6) is 0.479. The van der Waals surface area contributed by atoms with Crippen LogP contribution in [0, 0.1) is 5.92 Å². The Morgan fingerprint density at radius 2 is 1.82 bits per heavy atom. The number of hydrogen-bond donors (Lipinski definition) is 1. The number of nitrogens with two attached hydrogens (primary N) is 1. The zero-order chi connectivity index (χ0) is 21.2. The fourth-order valence-corrected chi connectivity index (χ4v) is 4.34. The number of carbonyl (C=O) groups excluding carboxylic acids is 1. The van der Waals surface area contributed by atoms with Crippen LogP contribution >= 0.6 is 0 Å². The lowest BCUT2D eigenvalue weighted by atomic mass is 9.92. The third-order valence-electron chi connectivity index (χ3n) is 5.15. The first-order chi connectivity index (χ1) is 12.8. The van der Waals surface area contributed by atoms with E-state index in [9.17, 15) is 13.2 Å². The van der Waals surface area contributed by atoms with Crippen LogP contribution in [0.5, 0.6) is 0 Å². The first-order valence-corrected chi connectivity index (χ1v) is 11.4. The third-order valence-corrected chi connectivity index (χ3v) is 6.08. The van der Waals surface area contributed by atoms with Crippen molar-refractivity contribution in [3.05, 3.63) is 29.8 Å². The second kappa shape index (κ2) is 8.41. The van der Waals surface area contributed by atoms with Crippen molar-refractivity contribution < 1.29 is 17.9 Å². The first kappa shape index (κ1) is 22.7. The van der Waals surface area contributed by atoms with Crippen LogP contribution in [-0.2, 0) is 21.2 Å². The fraction of sp³-hybridized carbons (Fsp3) is 0.667. The molecule has 1 aliphatic heterocycles. The van der Waals surface area contributed by atoms with E-state index >= 15 is 0 Å². The quantitative estimate of drug-likeness (QED) is 0.716. The van der Waals surface area contributed by atoms with Crippen molar-refractivity contribution in [3.63, 3.8) is 0 Å². The van der Waals surface area contributed by atoms with Crippen LogP contribution < -0.4 is 5.14 Å². The molecule has 1 saturated heterocycles. The van der Waals surface area contributed by atoms with Crippen molar-refractivity contribution in [1.29, 1.82) is 0 Å². The van der Waals surface area contributed by atoms with Crippen molar-refractivity contribution in [2.24, 2.45) is 11.1 Å². The maximum atomic E-state index is 12.5. The molecule has 1 aromatic carbocycles. The van der Waals surface area contributed by atoms with Gasteiger partial charge in [0.2, 0.25) is 10.0 Å². The van der Waals surface area contributed by atoms with Crippen molar-refractivity contribution >= 4 is 16.1 Å². The average molecular weight is 411 g/mol. The second-order valence-electron chi connectivity index (χ2n) is 9.41. The van der Waals surface area contributed by atoms with Gasteiger partial charge < -0.3 is 9.64 Å². The van der Waals surface area contributed by atoms with Gasteiger partial charge in [0, 0.05) is 12.1 Å². The Labute approximate surface area is 169 Å². The molecule has 1 aliphatic rings. The molecule has 0 aliphatic carbocycles. The number of sulfonamides is 1. The van der Waals surface area contributed by atoms with Gasteiger partial charge in [0.05, 0.1) is 4.90 Å². The zero-order valence-electron chi connectivity index (χ0n) is 17.7. The van der Waals surface area contributed by atoms with Gasteiger partial charge in [0.25, 0.3) is 0 Å². The Hall–Kier alpha value is -1.60. The Kier molecular flexibility index (Phi) is 6.82. The summed E-state index contributed by atoms with van der Waals surface area (Å²) in [7, 11) is -3.63. The molecule has 6 nitrogen and oxygen atoms in total. The van der Waals surface area contributed by atoms with E-state index in [2.05, 4.69) is 13.8 Å². The molecule has 1 unspecified atom stereocenters. The van der Waals surface area contributed by atoms with Gasteiger partial charge in [0.15, 0.2) is 0 Å². The van der Waals surface area contributed by atoms with E-state index in [4.69, 9.17) is 9.88 Å². The van der Waals surface area contributed by atoms with Crippen LogP contribution in [0.1, 0.15) is 65.9 Å². The molecule has 0 saturated carbocycles. The predicted molar refractivity (Wildman–Crippen MR) is 110 cm³/mol. The summed E-state index contributed by atoms with van der Waals surface area (Å²) < 4.78 is 28.1. The largest absolute Gasteiger partial charge is 0.444 e. The van der Waals surface area contributed by atoms with E-state index < -0.39 is 15.6 Å². The van der Waals surface area contributed by atoms with Crippen LogP contribution in [-0.4, -0.2) is 37.1 Å². The number of unbranched alkanes of at least 4 members (excludes halogenated alkanes) is 1. The van der Waals surface area contributed by atoms with Crippen molar-refractivity contribution in [1.82, 2.24) is 4.90 Å². The molecule has 0 aromatic heterocycles. The highest BCUT2D eigenvalue weighted by Gasteiger charge is 2.42. The normalized spacial score (nSPS) is 19.6. The number of carbonyl (C=O) groups is 1. The molecule has 28 heavy (non-hydrogen) atoms. The summed E-state index contributed by atoms with van der Waals surface area (Å²) >= 11 is 0. The predicted octanol–water partition coefficient (Wildman–Crippen LogP) is 4.08. The van der Waals surface area contributed by atoms with E-state index in [1.807, 2.05) is 37.8 Å². The Balaban J connectivity index is 1.80. The Bertz CT molecular complexity index is 780. The zero-order valence-corrected chi connectivity index (χ0v) is 18.5. The van der Waals surface area contributed by atoms with Gasteiger partial charge >= 0.3 is 6.09 Å². The molecule has 1 aromatic rings. The topological polar surface area (TPSA) is 89.7 Å². The van der Waals surface area contributed by atoms with E-state index in [0.29, 0.717) is 5.92 Å². The Morgan fingerprint density at radius 1 is 1.21 bits per heavy atom. The van der Waals surface area contributed by atoms with Gasteiger partial charge in [-0.2, -0.15) is 0 Å². The number of aryl methyl sites for hydroxylation is 1. The van der Waals surface area contributed by atoms with E-state index in [1.54, 1.807) is 12.1 Å². The van der Waals surface area contributed by atoms with Gasteiger partial charge in [-0.1, -0.05) is 18.6 Å². The molecule has 7 heteroatoms. The smallest absolute Gasteiger partial charge is 0.410 e. The van der Waals surface area contributed by atoms with Crippen LogP contribution in [0.2, 0.25) is 0 Å². The number of benzene rings is 1. The summed E-state index contributed by atoms with van der Waals surface area (Å²) in [6, 6.07) is 6.76. The highest BCUT2D eigenvalue weighted by Crippen LogP contribution is 2.36. The molecular formula is C21H34N2O4S. The van der Waals surface area contributed by atoms with Crippen LogP contribution in [0.3, 0.4) is 0 Å². The number of hydrogen-bond acceptors (Lipinski definition) is 4. The molecule has 1 atom stereocenters. The average Bonchev–Trinajstić information content (AvgIpc) is 2.84. The second-order valence-corrected chi connectivity index (χ2v) is 11.0. The van der Waals surface area contributed by atoms with Gasteiger partial charge in [-0.25, -0.2) is 18.4 Å². The molecule has 158 valence electrons. The van der Waals surface area contributed by atoms with E-state index in [-0.39, 0.29) is 16.5 Å². The number of primary sulfonamides is 1. The molecule has 0 bridgehead atoms. The van der Waals surface area contributed by atoms with Gasteiger partial charge in [-0.05, 0) is 83.9 Å². The lowest BCUT2D eigenvalue weighted by Gasteiger charge is -2.33. The molecular weight excluding hydrogens is 376 g/mol. The number of ether oxygens (including phenoxy) is 1. The summed E-state index contributed by atoms with van der Waals surface area (Å²) in [4.78, 5) is 14.5. The number of nitrogens with zero attached hydrogens (tertiary/aromatic N) is 1. The van der Waals surface area contributed by atoms with Crippen LogP contribution in [0.25, 0.3) is 0 Å². The maximum Gasteiger partial charge on any atom is 0.410 e. The van der Waals surface area contributed by atoms with Gasteiger partial charge in [-0.15, -0.1) is 0 Å². The minimum Gasteiger partial charge on any atom is -0.444 e. The van der Waals surface area contributed by atoms with Crippen molar-refractivity contribution in [2.45, 2.75) is 82.8 Å². The van der Waals surface area contributed by atoms with Crippen molar-refractivity contribution in [3.8, 4) is 0 Å². The molecule has 2 rings (SSSR count). The van der Waals surface area contributed by atoms with E-state index in [0.717, 1.165) is 44.2 Å². The summed E-state index contributed by atoms with van der Waals surface area (Å²) in [6.45, 7) is 10.6. The monoisotopic (exact) mass is 410 g/mol. The van der Waals surface area contributed by atoms with Crippen LogP contribution in [0.4, 0.5) is 4.79 Å². The molecule has 1 fully saturated rings. The maximum absolute atomic E-state index is 12.5. The summed E-state index contributed by atoms with van der Waals surface area (Å²) in [5.41, 5.74) is 0.440. The van der Waals surface area contributed by atoms with Crippen LogP contribution in [0.15, 0.2) is 29.2 Å². The fourth-order valence-electron chi connectivity index (χ4n) is 3.83. The molecule has 0 spiro atoms. The van der Waals surface area contributed by atoms with E-state index in [1.165, 1.54) is 0 Å². The Morgan fingerprint density at radius 3 is 2.36 bits per heavy atom. The summed E-state index contributed by atoms with van der Waals surface area (Å²) in [5, 5.41) is 5.12. The SMILES string of the molecule is CC(C)(C)OC(=O)N1CC(CCCCc2ccc(S(N)(=O)=O)cc2)CC1(C)C. The molecule has 1 heterocycles. The summed E-state index contributed by atoms with van der Waals surface area (Å²) in [6.07, 6.45) is 4.82. The lowest BCUT2D eigenvalue weighted by Crippen LogP contribution is -2.45. The lowest BCUT2D eigenvalue weighted by molar-refractivity contribution is 0.0131. The minimum absolute atomic E-state index is 0.145. The number of rotatable bonds is 6. The number of likely N-dealkylation sites (tertiary alicyclic amines) is 1. The number of amides is 1.